The van der Waals surface area contributed by atoms with Gasteiger partial charge in [0, 0.05) is 19.6 Å². The number of hydrogen-bond acceptors (Lipinski definition) is 3. The summed E-state index contributed by atoms with van der Waals surface area (Å²) in [5, 5.41) is 9.31. The smallest absolute Gasteiger partial charge is 0.309 e. The van der Waals surface area contributed by atoms with E-state index in [4.69, 9.17) is 5.73 Å². The summed E-state index contributed by atoms with van der Waals surface area (Å²) >= 11 is 0. The first-order valence-electron chi connectivity index (χ1n) is 7.06. The Labute approximate surface area is 114 Å². The topological polar surface area (TPSA) is 83.6 Å². The monoisotopic (exact) mass is 268 g/mol. The van der Waals surface area contributed by atoms with Gasteiger partial charge in [-0.15, -0.1) is 0 Å². The zero-order valence-corrected chi connectivity index (χ0v) is 11.8. The SMILES string of the molecule is CC(C)(C(=O)O)C1CCCN(C(=O)C2(CN)CC2)C1. The van der Waals surface area contributed by atoms with Crippen molar-refractivity contribution in [1.82, 2.24) is 4.90 Å². The number of carbonyl (C=O) groups excluding carboxylic acids is 1. The molecule has 3 N–H and O–H groups in total. The Morgan fingerprint density at radius 2 is 2.05 bits per heavy atom. The van der Waals surface area contributed by atoms with E-state index in [0.29, 0.717) is 13.1 Å². The van der Waals surface area contributed by atoms with Crippen molar-refractivity contribution in [1.29, 1.82) is 0 Å². The van der Waals surface area contributed by atoms with Crippen molar-refractivity contribution >= 4 is 11.9 Å². The lowest BCUT2D eigenvalue weighted by atomic mass is 9.74. The second-order valence-electron chi connectivity index (χ2n) is 6.60. The molecule has 0 bridgehead atoms. The molecule has 0 radical (unpaired) electrons. The minimum atomic E-state index is -0.785. The van der Waals surface area contributed by atoms with Crippen molar-refractivity contribution in [3.63, 3.8) is 0 Å². The number of carboxylic acids is 1. The number of aliphatic carboxylic acids is 1. The Kier molecular flexibility index (Phi) is 3.60. The van der Waals surface area contributed by atoms with Gasteiger partial charge < -0.3 is 15.7 Å². The first-order chi connectivity index (χ1) is 8.83. The summed E-state index contributed by atoms with van der Waals surface area (Å²) in [5.41, 5.74) is 4.60. The lowest BCUT2D eigenvalue weighted by Gasteiger charge is -2.40. The fourth-order valence-electron chi connectivity index (χ4n) is 2.92. The molecule has 1 atom stereocenters. The second-order valence-corrected chi connectivity index (χ2v) is 6.60. The summed E-state index contributed by atoms with van der Waals surface area (Å²) in [5.74, 6) is -0.621. The summed E-state index contributed by atoms with van der Waals surface area (Å²) in [7, 11) is 0. The van der Waals surface area contributed by atoms with Gasteiger partial charge in [0.1, 0.15) is 0 Å². The number of piperidine rings is 1. The van der Waals surface area contributed by atoms with Crippen LogP contribution in [-0.4, -0.2) is 41.5 Å². The number of amides is 1. The highest BCUT2D eigenvalue weighted by Crippen LogP contribution is 2.47. The Morgan fingerprint density at radius 3 is 2.53 bits per heavy atom. The van der Waals surface area contributed by atoms with Gasteiger partial charge in [-0.25, -0.2) is 0 Å². The van der Waals surface area contributed by atoms with Gasteiger partial charge in [0.05, 0.1) is 10.8 Å². The third kappa shape index (κ3) is 2.48. The third-order valence-corrected chi connectivity index (χ3v) is 4.98. The number of hydrogen-bond donors (Lipinski definition) is 2. The van der Waals surface area contributed by atoms with E-state index in [1.54, 1.807) is 13.8 Å². The molecule has 19 heavy (non-hydrogen) atoms. The average molecular weight is 268 g/mol. The van der Waals surface area contributed by atoms with Crippen molar-refractivity contribution in [2.75, 3.05) is 19.6 Å². The van der Waals surface area contributed by atoms with E-state index in [1.807, 2.05) is 4.90 Å². The van der Waals surface area contributed by atoms with Crippen LogP contribution in [0.25, 0.3) is 0 Å². The first kappa shape index (κ1) is 14.3. The molecule has 2 rings (SSSR count). The van der Waals surface area contributed by atoms with Gasteiger partial charge >= 0.3 is 5.97 Å². The van der Waals surface area contributed by atoms with E-state index < -0.39 is 11.4 Å². The van der Waals surface area contributed by atoms with Gasteiger partial charge in [-0.3, -0.25) is 9.59 Å². The molecule has 2 aliphatic rings. The van der Waals surface area contributed by atoms with Gasteiger partial charge in [-0.2, -0.15) is 0 Å². The normalized spacial score (nSPS) is 26.1. The quantitative estimate of drug-likeness (QED) is 0.799. The molecule has 1 aliphatic heterocycles. The zero-order valence-electron chi connectivity index (χ0n) is 11.8. The number of likely N-dealkylation sites (tertiary alicyclic amines) is 1. The number of rotatable bonds is 4. The summed E-state index contributed by atoms with van der Waals surface area (Å²) in [6.07, 6.45) is 3.52. The van der Waals surface area contributed by atoms with Crippen LogP contribution in [0.2, 0.25) is 0 Å². The minimum absolute atomic E-state index is 0.0243. The second kappa shape index (κ2) is 4.78. The summed E-state index contributed by atoms with van der Waals surface area (Å²) in [6, 6.07) is 0. The molecule has 1 amide bonds. The van der Waals surface area contributed by atoms with Crippen LogP contribution in [-0.2, 0) is 9.59 Å². The van der Waals surface area contributed by atoms with Gasteiger partial charge in [0.25, 0.3) is 0 Å². The molecule has 1 aliphatic carbocycles. The highest BCUT2D eigenvalue weighted by molar-refractivity contribution is 5.86. The highest BCUT2D eigenvalue weighted by Gasteiger charge is 2.51. The Morgan fingerprint density at radius 1 is 1.42 bits per heavy atom. The summed E-state index contributed by atoms with van der Waals surface area (Å²) in [6.45, 7) is 5.22. The van der Waals surface area contributed by atoms with Crippen LogP contribution in [0.1, 0.15) is 39.5 Å². The molecule has 108 valence electrons. The standard InChI is InChI=1S/C14H24N2O3/c1-13(2,12(18)19)10-4-3-7-16(8-10)11(17)14(9-15)5-6-14/h10H,3-9,15H2,1-2H3,(H,18,19). The molecule has 1 heterocycles. The van der Waals surface area contributed by atoms with Crippen LogP contribution in [0.15, 0.2) is 0 Å². The Balaban J connectivity index is 2.06. The van der Waals surface area contributed by atoms with Crippen molar-refractivity contribution in [3.8, 4) is 0 Å². The number of carbonyl (C=O) groups is 2. The minimum Gasteiger partial charge on any atom is -0.481 e. The summed E-state index contributed by atoms with van der Waals surface area (Å²) in [4.78, 5) is 25.6. The van der Waals surface area contributed by atoms with E-state index in [2.05, 4.69) is 0 Å². The molecule has 2 fully saturated rings. The number of nitrogens with two attached hydrogens (primary N) is 1. The van der Waals surface area contributed by atoms with Crippen molar-refractivity contribution in [3.05, 3.63) is 0 Å². The van der Waals surface area contributed by atoms with Crippen LogP contribution in [0.5, 0.6) is 0 Å². The molecule has 0 spiro atoms. The number of carboxylic acid groups (broad SMARTS) is 1. The largest absolute Gasteiger partial charge is 0.481 e. The predicted octanol–water partition coefficient (Wildman–Crippen LogP) is 1.07. The maximum Gasteiger partial charge on any atom is 0.309 e. The third-order valence-electron chi connectivity index (χ3n) is 4.98. The zero-order chi connectivity index (χ0) is 14.3. The summed E-state index contributed by atoms with van der Waals surface area (Å²) < 4.78 is 0. The van der Waals surface area contributed by atoms with E-state index in [0.717, 1.165) is 32.2 Å². The Bertz CT molecular complexity index is 388. The van der Waals surface area contributed by atoms with Crippen LogP contribution in [0.4, 0.5) is 0 Å². The van der Waals surface area contributed by atoms with Gasteiger partial charge in [-0.05, 0) is 45.4 Å². The van der Waals surface area contributed by atoms with Crippen molar-refractivity contribution in [2.45, 2.75) is 39.5 Å². The molecule has 0 aromatic rings. The molecule has 5 nitrogen and oxygen atoms in total. The average Bonchev–Trinajstić information content (AvgIpc) is 3.19. The lowest BCUT2D eigenvalue weighted by molar-refractivity contribution is -0.154. The van der Waals surface area contributed by atoms with Crippen molar-refractivity contribution < 1.29 is 14.7 Å². The molecular weight excluding hydrogens is 244 g/mol. The van der Waals surface area contributed by atoms with Gasteiger partial charge in [-0.1, -0.05) is 0 Å². The van der Waals surface area contributed by atoms with Gasteiger partial charge in [0.2, 0.25) is 5.91 Å². The Hall–Kier alpha value is -1.10. The van der Waals surface area contributed by atoms with Crippen LogP contribution >= 0.6 is 0 Å². The van der Waals surface area contributed by atoms with Crippen LogP contribution in [0, 0.1) is 16.7 Å². The molecule has 1 saturated heterocycles. The maximum absolute atomic E-state index is 12.5. The molecule has 0 aromatic carbocycles. The van der Waals surface area contributed by atoms with Crippen LogP contribution in [0.3, 0.4) is 0 Å². The van der Waals surface area contributed by atoms with E-state index in [1.165, 1.54) is 0 Å². The first-order valence-corrected chi connectivity index (χ1v) is 7.06. The molecule has 1 unspecified atom stereocenters. The molecule has 1 saturated carbocycles. The molecule has 0 aromatic heterocycles. The molecular formula is C14H24N2O3. The fourth-order valence-corrected chi connectivity index (χ4v) is 2.92. The van der Waals surface area contributed by atoms with Crippen LogP contribution < -0.4 is 5.73 Å². The highest BCUT2D eigenvalue weighted by atomic mass is 16.4. The molecule has 5 heteroatoms. The van der Waals surface area contributed by atoms with E-state index in [-0.39, 0.29) is 17.2 Å². The maximum atomic E-state index is 12.5. The predicted molar refractivity (Wildman–Crippen MR) is 71.4 cm³/mol. The lowest BCUT2D eigenvalue weighted by Crippen LogP contribution is -2.49. The van der Waals surface area contributed by atoms with E-state index in [9.17, 15) is 14.7 Å². The van der Waals surface area contributed by atoms with Gasteiger partial charge in [0.15, 0.2) is 0 Å². The van der Waals surface area contributed by atoms with E-state index >= 15 is 0 Å². The fraction of sp³-hybridized carbons (Fsp3) is 0.857. The number of nitrogens with zero attached hydrogens (tertiary/aromatic N) is 1. The van der Waals surface area contributed by atoms with Crippen molar-refractivity contribution in [2.24, 2.45) is 22.5 Å².